The zero-order valence-electron chi connectivity index (χ0n) is 23.9. The molecule has 1 aromatic carbocycles. The monoisotopic (exact) mass is 537 g/mol. The van der Waals surface area contributed by atoms with Crippen molar-refractivity contribution in [3.63, 3.8) is 0 Å². The van der Waals surface area contributed by atoms with Crippen molar-refractivity contribution in [2.24, 2.45) is 23.9 Å². The predicted molar refractivity (Wildman–Crippen MR) is 153 cm³/mol. The number of ether oxygens (including phenoxy) is 2. The summed E-state index contributed by atoms with van der Waals surface area (Å²) in [7, 11) is 1.80. The second-order valence-electron chi connectivity index (χ2n) is 11.4. The van der Waals surface area contributed by atoms with Crippen LogP contribution in [0.25, 0.3) is 0 Å². The maximum absolute atomic E-state index is 12.5. The van der Waals surface area contributed by atoms with Crippen LogP contribution in [0.2, 0.25) is 0 Å². The van der Waals surface area contributed by atoms with Crippen LogP contribution in [0.3, 0.4) is 0 Å². The number of benzene rings is 1. The summed E-state index contributed by atoms with van der Waals surface area (Å²) in [5.74, 6) is 0.423. The Labute approximate surface area is 231 Å². The summed E-state index contributed by atoms with van der Waals surface area (Å²) in [5.41, 5.74) is 5.83. The molecule has 2 N–H and O–H groups in total. The van der Waals surface area contributed by atoms with Crippen molar-refractivity contribution in [3.05, 3.63) is 63.1 Å². The van der Waals surface area contributed by atoms with Crippen molar-refractivity contribution in [2.45, 2.75) is 84.6 Å². The molecule has 0 radical (unpaired) electrons. The van der Waals surface area contributed by atoms with E-state index in [9.17, 15) is 14.7 Å². The molecule has 0 bridgehead atoms. The minimum absolute atomic E-state index is 0.00590. The zero-order chi connectivity index (χ0) is 28.1. The van der Waals surface area contributed by atoms with Crippen LogP contribution < -0.4 is 10.9 Å². The molecule has 3 atom stereocenters. The van der Waals surface area contributed by atoms with Gasteiger partial charge in [-0.05, 0) is 89.0 Å². The third-order valence-corrected chi connectivity index (χ3v) is 7.77. The standard InChI is InChI=1S/C31H43N3O5/c1-19(2)39-31(37)28(21(4)35)32-17-23-6-7-24-8-9-25(15-22-10-12-38-13-11-22)29(33-27(24)16-23)26-14-20(3)30(36)34(5)18-26/h6-7,14,16,18-19,21-22,25,28,32,35H,8-13,15,17H2,1-5H3/t21-,25?,28-/m0/s1. The van der Waals surface area contributed by atoms with Crippen LogP contribution in [0.4, 0.5) is 5.69 Å². The molecule has 212 valence electrons. The van der Waals surface area contributed by atoms with Gasteiger partial charge in [-0.3, -0.25) is 19.9 Å². The predicted octanol–water partition coefficient (Wildman–Crippen LogP) is 3.98. The molecule has 3 heterocycles. The normalized spacial score (nSPS) is 19.7. The first kappa shape index (κ1) is 29.2. The van der Waals surface area contributed by atoms with E-state index in [1.165, 1.54) is 5.56 Å². The maximum Gasteiger partial charge on any atom is 0.326 e. The number of hydrogen-bond acceptors (Lipinski definition) is 7. The number of hydrogen-bond donors (Lipinski definition) is 2. The van der Waals surface area contributed by atoms with Crippen LogP contribution >= 0.6 is 0 Å². The fourth-order valence-electron chi connectivity index (χ4n) is 5.64. The Morgan fingerprint density at radius 3 is 2.62 bits per heavy atom. The van der Waals surface area contributed by atoms with Gasteiger partial charge < -0.3 is 19.1 Å². The summed E-state index contributed by atoms with van der Waals surface area (Å²) in [6.07, 6.45) is 5.89. The lowest BCUT2D eigenvalue weighted by Crippen LogP contribution is -2.46. The Morgan fingerprint density at radius 1 is 1.21 bits per heavy atom. The van der Waals surface area contributed by atoms with Gasteiger partial charge >= 0.3 is 5.97 Å². The fraction of sp³-hybridized carbons (Fsp3) is 0.581. The second kappa shape index (κ2) is 13.0. The number of nitrogens with one attached hydrogen (secondary N) is 1. The minimum Gasteiger partial charge on any atom is -0.462 e. The topological polar surface area (TPSA) is 102 Å². The number of aryl methyl sites for hydroxylation is 3. The number of fused-ring (bicyclic) bond motifs is 1. The lowest BCUT2D eigenvalue weighted by Gasteiger charge is -2.27. The molecule has 1 saturated heterocycles. The number of carbonyl (C=O) groups excluding carboxylic acids is 1. The van der Waals surface area contributed by atoms with Gasteiger partial charge in [-0.2, -0.15) is 0 Å². The van der Waals surface area contributed by atoms with E-state index in [0.717, 1.165) is 67.8 Å². The number of aliphatic hydroxyl groups is 1. The molecule has 8 nitrogen and oxygen atoms in total. The molecule has 2 aliphatic rings. The van der Waals surface area contributed by atoms with Gasteiger partial charge in [0, 0.05) is 50.0 Å². The molecular weight excluding hydrogens is 494 g/mol. The molecule has 2 aromatic rings. The van der Waals surface area contributed by atoms with Crippen LogP contribution in [0.15, 0.2) is 40.2 Å². The van der Waals surface area contributed by atoms with Gasteiger partial charge in [-0.25, -0.2) is 0 Å². The van der Waals surface area contributed by atoms with Crippen molar-refractivity contribution in [3.8, 4) is 0 Å². The van der Waals surface area contributed by atoms with E-state index in [-0.39, 0.29) is 17.6 Å². The number of aromatic nitrogens is 1. The summed E-state index contributed by atoms with van der Waals surface area (Å²) < 4.78 is 12.6. The summed E-state index contributed by atoms with van der Waals surface area (Å²) in [6, 6.07) is 7.41. The van der Waals surface area contributed by atoms with Crippen molar-refractivity contribution in [1.82, 2.24) is 9.88 Å². The van der Waals surface area contributed by atoms with Crippen molar-refractivity contribution in [1.29, 1.82) is 0 Å². The van der Waals surface area contributed by atoms with Gasteiger partial charge in [0.25, 0.3) is 5.56 Å². The highest BCUT2D eigenvalue weighted by Gasteiger charge is 2.28. The fourth-order valence-corrected chi connectivity index (χ4v) is 5.64. The molecule has 39 heavy (non-hydrogen) atoms. The van der Waals surface area contributed by atoms with Crippen LogP contribution in [-0.2, 0) is 34.3 Å². The van der Waals surface area contributed by atoms with E-state index >= 15 is 0 Å². The zero-order valence-corrected chi connectivity index (χ0v) is 23.9. The van der Waals surface area contributed by atoms with E-state index < -0.39 is 18.1 Å². The quantitative estimate of drug-likeness (QED) is 0.469. The number of aliphatic imine (C=N–C) groups is 1. The van der Waals surface area contributed by atoms with Gasteiger partial charge in [0.05, 0.1) is 23.6 Å². The number of rotatable bonds is 9. The number of esters is 1. The number of aliphatic hydroxyl groups excluding tert-OH is 1. The van der Waals surface area contributed by atoms with Gasteiger partial charge in [0.2, 0.25) is 0 Å². The van der Waals surface area contributed by atoms with Crippen LogP contribution in [-0.4, -0.2) is 52.8 Å². The third-order valence-electron chi connectivity index (χ3n) is 7.77. The SMILES string of the molecule is Cc1cc(C2=Nc3cc(CN[C@H](C(=O)OC(C)C)[C@H](C)O)ccc3CCC2CC2CCOCC2)cn(C)c1=O. The summed E-state index contributed by atoms with van der Waals surface area (Å²) in [5, 5.41) is 13.3. The molecule has 0 spiro atoms. The second-order valence-corrected chi connectivity index (χ2v) is 11.4. The number of pyridine rings is 1. The summed E-state index contributed by atoms with van der Waals surface area (Å²) >= 11 is 0. The molecule has 2 aliphatic heterocycles. The summed E-state index contributed by atoms with van der Waals surface area (Å²) in [6.45, 7) is 9.05. The lowest BCUT2D eigenvalue weighted by molar-refractivity contribution is -0.152. The molecule has 4 rings (SSSR count). The van der Waals surface area contributed by atoms with E-state index in [0.29, 0.717) is 18.0 Å². The van der Waals surface area contributed by atoms with Crippen molar-refractivity contribution >= 4 is 17.4 Å². The molecule has 0 aliphatic carbocycles. The molecule has 8 heteroatoms. The van der Waals surface area contributed by atoms with Gasteiger partial charge in [-0.15, -0.1) is 0 Å². The Hall–Kier alpha value is -2.81. The van der Waals surface area contributed by atoms with Crippen molar-refractivity contribution < 1.29 is 19.4 Å². The molecule has 1 unspecified atom stereocenters. The maximum atomic E-state index is 12.5. The van der Waals surface area contributed by atoms with Crippen LogP contribution in [0.5, 0.6) is 0 Å². The molecule has 1 fully saturated rings. The van der Waals surface area contributed by atoms with Gasteiger partial charge in [0.1, 0.15) is 6.04 Å². The molecular formula is C31H43N3O5. The van der Waals surface area contributed by atoms with E-state index in [2.05, 4.69) is 23.5 Å². The van der Waals surface area contributed by atoms with E-state index in [4.69, 9.17) is 14.5 Å². The number of nitrogens with zero attached hydrogens (tertiary/aromatic N) is 2. The first-order valence-electron chi connectivity index (χ1n) is 14.2. The first-order chi connectivity index (χ1) is 18.6. The van der Waals surface area contributed by atoms with Crippen molar-refractivity contribution in [2.75, 3.05) is 13.2 Å². The molecule has 1 aromatic heterocycles. The largest absolute Gasteiger partial charge is 0.462 e. The molecule has 0 amide bonds. The Morgan fingerprint density at radius 2 is 1.95 bits per heavy atom. The lowest BCUT2D eigenvalue weighted by atomic mass is 9.82. The van der Waals surface area contributed by atoms with Crippen LogP contribution in [0.1, 0.15) is 68.7 Å². The van der Waals surface area contributed by atoms with Gasteiger partial charge in [-0.1, -0.05) is 12.1 Å². The Bertz CT molecular complexity index is 1220. The number of carbonyl (C=O) groups is 1. The highest BCUT2D eigenvalue weighted by atomic mass is 16.5. The Balaban J connectivity index is 1.64. The third kappa shape index (κ3) is 7.44. The average Bonchev–Trinajstić information content (AvgIpc) is 3.06. The smallest absolute Gasteiger partial charge is 0.326 e. The minimum atomic E-state index is -0.888. The van der Waals surface area contributed by atoms with E-state index in [1.807, 2.05) is 19.2 Å². The van der Waals surface area contributed by atoms with Crippen LogP contribution in [0, 0.1) is 18.8 Å². The highest BCUT2D eigenvalue weighted by molar-refractivity contribution is 6.04. The Kier molecular flexibility index (Phi) is 9.75. The highest BCUT2D eigenvalue weighted by Crippen LogP contribution is 2.35. The summed E-state index contributed by atoms with van der Waals surface area (Å²) in [4.78, 5) is 30.2. The first-order valence-corrected chi connectivity index (χ1v) is 14.2. The van der Waals surface area contributed by atoms with E-state index in [1.54, 1.807) is 32.4 Å². The average molecular weight is 538 g/mol. The molecule has 0 saturated carbocycles. The van der Waals surface area contributed by atoms with Gasteiger partial charge in [0.15, 0.2) is 0 Å².